The van der Waals surface area contributed by atoms with Gasteiger partial charge in [-0.15, -0.1) is 0 Å². The molecule has 1 fully saturated rings. The number of para-hydroxylation sites is 2. The van der Waals surface area contributed by atoms with E-state index in [1.165, 1.54) is 6.07 Å². The van der Waals surface area contributed by atoms with E-state index in [1.807, 2.05) is 6.07 Å². The van der Waals surface area contributed by atoms with E-state index in [9.17, 15) is 14.7 Å². The van der Waals surface area contributed by atoms with Crippen LogP contribution in [0.25, 0.3) is 0 Å². The Kier molecular flexibility index (Phi) is 3.78. The van der Waals surface area contributed by atoms with Gasteiger partial charge in [-0.3, -0.25) is 9.59 Å². The van der Waals surface area contributed by atoms with Crippen LogP contribution in [-0.2, 0) is 4.79 Å². The lowest BCUT2D eigenvalue weighted by atomic mass is 10.1. The number of nitrogens with one attached hydrogen (secondary N) is 1. The number of phenolic OH excluding ortho intramolecular Hbond substituents is 1. The van der Waals surface area contributed by atoms with Crippen molar-refractivity contribution in [2.45, 2.75) is 12.8 Å². The minimum Gasteiger partial charge on any atom is -0.506 e. The van der Waals surface area contributed by atoms with Crippen molar-refractivity contribution in [1.82, 2.24) is 0 Å². The van der Waals surface area contributed by atoms with Crippen LogP contribution in [0.15, 0.2) is 48.5 Å². The van der Waals surface area contributed by atoms with Gasteiger partial charge in [0.1, 0.15) is 5.75 Å². The zero-order valence-corrected chi connectivity index (χ0v) is 12.0. The number of amides is 2. The summed E-state index contributed by atoms with van der Waals surface area (Å²) in [5.74, 6) is -0.227. The molecule has 5 heteroatoms. The number of carbonyl (C=O) groups is 2. The molecule has 0 aromatic heterocycles. The third-order valence-electron chi connectivity index (χ3n) is 3.65. The first-order valence-electron chi connectivity index (χ1n) is 7.15. The number of nitrogens with zero attached hydrogens (tertiary/aromatic N) is 1. The summed E-state index contributed by atoms with van der Waals surface area (Å²) in [6.07, 6.45) is 1.39. The molecule has 1 heterocycles. The van der Waals surface area contributed by atoms with Gasteiger partial charge in [0.25, 0.3) is 5.91 Å². The Morgan fingerprint density at radius 3 is 2.68 bits per heavy atom. The molecule has 112 valence electrons. The van der Waals surface area contributed by atoms with Crippen molar-refractivity contribution in [2.75, 3.05) is 16.8 Å². The molecule has 3 rings (SSSR count). The number of hydrogen-bond donors (Lipinski definition) is 2. The molecule has 0 radical (unpaired) electrons. The molecule has 2 aromatic rings. The zero-order chi connectivity index (χ0) is 15.5. The van der Waals surface area contributed by atoms with Crippen LogP contribution >= 0.6 is 0 Å². The van der Waals surface area contributed by atoms with Crippen molar-refractivity contribution < 1.29 is 14.7 Å². The Balaban J connectivity index is 1.81. The summed E-state index contributed by atoms with van der Waals surface area (Å²) in [4.78, 5) is 25.8. The molecule has 22 heavy (non-hydrogen) atoms. The highest BCUT2D eigenvalue weighted by molar-refractivity contribution is 6.06. The minimum atomic E-state index is -0.324. The molecule has 2 N–H and O–H groups in total. The molecule has 0 saturated carbocycles. The van der Waals surface area contributed by atoms with Crippen molar-refractivity contribution in [2.24, 2.45) is 0 Å². The van der Waals surface area contributed by atoms with Gasteiger partial charge in [-0.05, 0) is 36.8 Å². The first-order valence-corrected chi connectivity index (χ1v) is 7.15. The molecular formula is C17H16N2O3. The van der Waals surface area contributed by atoms with Crippen LogP contribution < -0.4 is 10.2 Å². The van der Waals surface area contributed by atoms with E-state index in [4.69, 9.17) is 0 Å². The van der Waals surface area contributed by atoms with E-state index in [1.54, 1.807) is 41.3 Å². The average Bonchev–Trinajstić information content (AvgIpc) is 2.96. The fourth-order valence-electron chi connectivity index (χ4n) is 2.51. The van der Waals surface area contributed by atoms with Crippen molar-refractivity contribution >= 4 is 23.2 Å². The SMILES string of the molecule is O=C(Nc1ccccc1O)c1cccc(N2CCCC2=O)c1. The van der Waals surface area contributed by atoms with Gasteiger partial charge in [-0.25, -0.2) is 0 Å². The van der Waals surface area contributed by atoms with E-state index in [0.29, 0.717) is 24.2 Å². The average molecular weight is 296 g/mol. The monoisotopic (exact) mass is 296 g/mol. The van der Waals surface area contributed by atoms with Gasteiger partial charge in [0.05, 0.1) is 5.69 Å². The standard InChI is InChI=1S/C17H16N2O3/c20-15-8-2-1-7-14(15)18-17(22)12-5-3-6-13(11-12)19-10-4-9-16(19)21/h1-3,5-8,11,20H,4,9-10H2,(H,18,22). The lowest BCUT2D eigenvalue weighted by Crippen LogP contribution is -2.24. The largest absolute Gasteiger partial charge is 0.506 e. The van der Waals surface area contributed by atoms with Gasteiger partial charge in [-0.1, -0.05) is 18.2 Å². The van der Waals surface area contributed by atoms with Gasteiger partial charge in [-0.2, -0.15) is 0 Å². The predicted octanol–water partition coefficient (Wildman–Crippen LogP) is 2.77. The molecule has 2 amide bonds. The van der Waals surface area contributed by atoms with Crippen LogP contribution in [0, 0.1) is 0 Å². The molecule has 0 bridgehead atoms. The number of rotatable bonds is 3. The fraction of sp³-hybridized carbons (Fsp3) is 0.176. The Bertz CT molecular complexity index is 727. The summed E-state index contributed by atoms with van der Waals surface area (Å²) in [5, 5.41) is 12.4. The summed E-state index contributed by atoms with van der Waals surface area (Å²) in [6, 6.07) is 13.5. The molecule has 1 saturated heterocycles. The van der Waals surface area contributed by atoms with E-state index >= 15 is 0 Å². The number of hydrogen-bond acceptors (Lipinski definition) is 3. The molecular weight excluding hydrogens is 280 g/mol. The van der Waals surface area contributed by atoms with Crippen LogP contribution in [0.3, 0.4) is 0 Å². The number of carbonyl (C=O) groups excluding carboxylic acids is 2. The summed E-state index contributed by atoms with van der Waals surface area (Å²) >= 11 is 0. The highest BCUT2D eigenvalue weighted by Crippen LogP contribution is 2.25. The van der Waals surface area contributed by atoms with Gasteiger partial charge in [0.15, 0.2) is 0 Å². The molecule has 1 aliphatic rings. The quantitative estimate of drug-likeness (QED) is 0.856. The Hall–Kier alpha value is -2.82. The zero-order valence-electron chi connectivity index (χ0n) is 12.0. The highest BCUT2D eigenvalue weighted by Gasteiger charge is 2.22. The van der Waals surface area contributed by atoms with Gasteiger partial charge in [0, 0.05) is 24.2 Å². The van der Waals surface area contributed by atoms with E-state index < -0.39 is 0 Å². The third kappa shape index (κ3) is 2.79. The van der Waals surface area contributed by atoms with Crippen LogP contribution in [0.4, 0.5) is 11.4 Å². The molecule has 1 aliphatic heterocycles. The lowest BCUT2D eigenvalue weighted by molar-refractivity contribution is -0.117. The van der Waals surface area contributed by atoms with Crippen LogP contribution in [0.5, 0.6) is 5.75 Å². The fourth-order valence-corrected chi connectivity index (χ4v) is 2.51. The Morgan fingerprint density at radius 1 is 1.14 bits per heavy atom. The number of anilines is 2. The van der Waals surface area contributed by atoms with E-state index in [2.05, 4.69) is 5.32 Å². The maximum atomic E-state index is 12.3. The second kappa shape index (κ2) is 5.89. The number of aromatic hydroxyl groups is 1. The van der Waals surface area contributed by atoms with Crippen LogP contribution in [0.1, 0.15) is 23.2 Å². The van der Waals surface area contributed by atoms with Gasteiger partial charge < -0.3 is 15.3 Å². The van der Waals surface area contributed by atoms with Gasteiger partial charge >= 0.3 is 0 Å². The van der Waals surface area contributed by atoms with Crippen molar-refractivity contribution in [3.05, 3.63) is 54.1 Å². The maximum absolute atomic E-state index is 12.3. The molecule has 0 aliphatic carbocycles. The second-order valence-electron chi connectivity index (χ2n) is 5.17. The van der Waals surface area contributed by atoms with Gasteiger partial charge in [0.2, 0.25) is 5.91 Å². The van der Waals surface area contributed by atoms with E-state index in [-0.39, 0.29) is 17.6 Å². The van der Waals surface area contributed by atoms with Crippen molar-refractivity contribution in [3.63, 3.8) is 0 Å². The lowest BCUT2D eigenvalue weighted by Gasteiger charge is -2.16. The first kappa shape index (κ1) is 14.1. The Labute approximate surface area is 128 Å². The summed E-state index contributed by atoms with van der Waals surface area (Å²) < 4.78 is 0. The topological polar surface area (TPSA) is 69.6 Å². The van der Waals surface area contributed by atoms with Crippen molar-refractivity contribution in [1.29, 1.82) is 0 Å². The first-order chi connectivity index (χ1) is 10.6. The molecule has 2 aromatic carbocycles. The third-order valence-corrected chi connectivity index (χ3v) is 3.65. The van der Waals surface area contributed by atoms with Crippen LogP contribution in [0.2, 0.25) is 0 Å². The van der Waals surface area contributed by atoms with Crippen LogP contribution in [-0.4, -0.2) is 23.5 Å². The molecule has 5 nitrogen and oxygen atoms in total. The van der Waals surface area contributed by atoms with E-state index in [0.717, 1.165) is 12.1 Å². The second-order valence-corrected chi connectivity index (χ2v) is 5.17. The Morgan fingerprint density at radius 2 is 1.95 bits per heavy atom. The molecule has 0 spiro atoms. The summed E-state index contributed by atoms with van der Waals surface area (Å²) in [5.41, 5.74) is 1.53. The highest BCUT2D eigenvalue weighted by atomic mass is 16.3. The smallest absolute Gasteiger partial charge is 0.255 e. The number of phenols is 1. The normalized spacial score (nSPS) is 14.2. The molecule has 0 unspecified atom stereocenters. The predicted molar refractivity (Wildman–Crippen MR) is 84.1 cm³/mol. The van der Waals surface area contributed by atoms with Crippen molar-refractivity contribution in [3.8, 4) is 5.75 Å². The minimum absolute atomic E-state index is 0.0155. The molecule has 0 atom stereocenters. The summed E-state index contributed by atoms with van der Waals surface area (Å²) in [6.45, 7) is 0.684. The summed E-state index contributed by atoms with van der Waals surface area (Å²) in [7, 11) is 0. The number of benzene rings is 2. The maximum Gasteiger partial charge on any atom is 0.255 e.